The van der Waals surface area contributed by atoms with E-state index in [0.29, 0.717) is 45.0 Å². The molecular weight excluding hydrogens is 586 g/mol. The third kappa shape index (κ3) is 8.84. The summed E-state index contributed by atoms with van der Waals surface area (Å²) in [6, 6.07) is 8.85. The number of hydrogen-bond acceptors (Lipinski definition) is 12. The summed E-state index contributed by atoms with van der Waals surface area (Å²) in [7, 11) is 1.58. The Bertz CT molecular complexity index is 1340. The minimum atomic E-state index is -1.73. The number of amides is 3. The fourth-order valence-electron chi connectivity index (χ4n) is 5.33. The quantitative estimate of drug-likeness (QED) is 0.108. The first kappa shape index (κ1) is 34.0. The van der Waals surface area contributed by atoms with Crippen LogP contribution in [0.25, 0.3) is 0 Å². The number of aliphatic hydroxyl groups is 2. The Hall–Kier alpha value is -3.93. The number of benzene rings is 1. The molecule has 0 bridgehead atoms. The number of likely N-dealkylation sites (N-methyl/N-ethyl adjacent to an activating group) is 1. The van der Waals surface area contributed by atoms with Crippen LogP contribution in [0, 0.1) is 0 Å². The molecule has 3 amide bonds. The molecule has 0 unspecified atom stereocenters. The lowest BCUT2D eigenvalue weighted by atomic mass is 9.93. The molecule has 2 aromatic rings. The maximum atomic E-state index is 13.7. The molecule has 2 saturated heterocycles. The van der Waals surface area contributed by atoms with Crippen LogP contribution in [0.1, 0.15) is 18.2 Å². The lowest BCUT2D eigenvalue weighted by molar-refractivity contribution is -0.218. The van der Waals surface area contributed by atoms with Crippen molar-refractivity contribution in [1.82, 2.24) is 35.7 Å². The first-order valence-electron chi connectivity index (χ1n) is 15.1. The first-order valence-corrected chi connectivity index (χ1v) is 15.1. The zero-order valence-electron chi connectivity index (χ0n) is 25.2. The number of ether oxygens (including phenoxy) is 1. The van der Waals surface area contributed by atoms with Crippen molar-refractivity contribution in [1.29, 1.82) is 0 Å². The molecule has 4 rings (SSSR count). The minimum absolute atomic E-state index is 0.0435. The van der Waals surface area contributed by atoms with Gasteiger partial charge in [0.25, 0.3) is 5.91 Å². The molecule has 0 aliphatic carbocycles. The fraction of sp³-hybridized carbons (Fsp3) is 0.552. The lowest BCUT2D eigenvalue weighted by Gasteiger charge is -2.44. The summed E-state index contributed by atoms with van der Waals surface area (Å²) in [5.74, 6) is -1.40. The van der Waals surface area contributed by atoms with E-state index in [9.17, 15) is 29.4 Å². The molecule has 6 atom stereocenters. The van der Waals surface area contributed by atoms with Crippen molar-refractivity contribution in [3.8, 4) is 0 Å². The second-order valence-corrected chi connectivity index (χ2v) is 10.9. The van der Waals surface area contributed by atoms with Crippen LogP contribution in [0.2, 0.25) is 0 Å². The van der Waals surface area contributed by atoms with Crippen molar-refractivity contribution >= 4 is 23.5 Å². The number of aliphatic hydroxyl groups excluding tert-OH is 2. The summed E-state index contributed by atoms with van der Waals surface area (Å²) in [5.41, 5.74) is 6.00. The zero-order valence-corrected chi connectivity index (χ0v) is 25.2. The van der Waals surface area contributed by atoms with Crippen LogP contribution in [-0.4, -0.2) is 126 Å². The highest BCUT2D eigenvalue weighted by atomic mass is 16.5. The predicted octanol–water partition coefficient (Wildman–Crippen LogP) is -3.51. The van der Waals surface area contributed by atoms with Gasteiger partial charge < -0.3 is 52.2 Å². The van der Waals surface area contributed by atoms with Gasteiger partial charge in [-0.25, -0.2) is 4.79 Å². The Morgan fingerprint density at radius 1 is 1.13 bits per heavy atom. The molecule has 16 heteroatoms. The molecule has 2 aliphatic heterocycles. The Morgan fingerprint density at radius 2 is 1.87 bits per heavy atom. The molecule has 246 valence electrons. The Balaban J connectivity index is 1.53. The van der Waals surface area contributed by atoms with Gasteiger partial charge in [0.1, 0.15) is 24.1 Å². The van der Waals surface area contributed by atoms with E-state index in [1.54, 1.807) is 7.05 Å². The zero-order chi connectivity index (χ0) is 32.3. The molecule has 9 N–H and O–H groups in total. The highest BCUT2D eigenvalue weighted by Gasteiger charge is 2.50. The van der Waals surface area contributed by atoms with Gasteiger partial charge in [-0.3, -0.25) is 19.0 Å². The van der Waals surface area contributed by atoms with Crippen molar-refractivity contribution in [2.75, 3.05) is 58.2 Å². The Kier molecular flexibility index (Phi) is 12.4. The van der Waals surface area contributed by atoms with E-state index in [1.807, 2.05) is 30.3 Å². The van der Waals surface area contributed by atoms with Crippen LogP contribution in [0.3, 0.4) is 0 Å². The average Bonchev–Trinajstić information content (AvgIpc) is 3.04. The topological polar surface area (TPSA) is 225 Å². The van der Waals surface area contributed by atoms with Crippen LogP contribution in [-0.2, 0) is 25.5 Å². The van der Waals surface area contributed by atoms with E-state index in [2.05, 4.69) is 31.6 Å². The maximum absolute atomic E-state index is 13.7. The number of carbonyl (C=O) groups is 3. The third-order valence-corrected chi connectivity index (χ3v) is 7.71. The molecule has 1 aromatic heterocycles. The van der Waals surface area contributed by atoms with Gasteiger partial charge in [-0.1, -0.05) is 30.3 Å². The van der Waals surface area contributed by atoms with E-state index < -0.39 is 60.0 Å². The van der Waals surface area contributed by atoms with E-state index in [-0.39, 0.29) is 19.5 Å². The van der Waals surface area contributed by atoms with E-state index >= 15 is 0 Å². The fourth-order valence-corrected chi connectivity index (χ4v) is 5.33. The van der Waals surface area contributed by atoms with Gasteiger partial charge in [-0.05, 0) is 38.1 Å². The second kappa shape index (κ2) is 16.4. The van der Waals surface area contributed by atoms with Gasteiger partial charge in [0.2, 0.25) is 11.8 Å². The maximum Gasteiger partial charge on any atom is 0.351 e. The third-order valence-electron chi connectivity index (χ3n) is 7.71. The van der Waals surface area contributed by atoms with Crippen molar-refractivity contribution in [3.63, 3.8) is 0 Å². The summed E-state index contributed by atoms with van der Waals surface area (Å²) in [6.07, 6.45) is -4.27. The Morgan fingerprint density at radius 3 is 2.53 bits per heavy atom. The van der Waals surface area contributed by atoms with Crippen LogP contribution < -0.4 is 38.0 Å². The summed E-state index contributed by atoms with van der Waals surface area (Å²) in [6.45, 7) is 2.31. The van der Waals surface area contributed by atoms with Gasteiger partial charge >= 0.3 is 5.69 Å². The van der Waals surface area contributed by atoms with Gasteiger partial charge in [-0.2, -0.15) is 4.98 Å². The van der Waals surface area contributed by atoms with E-state index in [4.69, 9.17) is 10.5 Å². The van der Waals surface area contributed by atoms with Crippen LogP contribution in [0.4, 0.5) is 5.82 Å². The molecular formula is C29H43N9O7. The number of piperazine rings is 1. The van der Waals surface area contributed by atoms with Crippen LogP contribution in [0.15, 0.2) is 47.4 Å². The molecule has 0 radical (unpaired) electrons. The minimum Gasteiger partial charge on any atom is -0.388 e. The molecule has 1 aromatic carbocycles. The van der Waals surface area contributed by atoms with Gasteiger partial charge in [-0.15, -0.1) is 0 Å². The monoisotopic (exact) mass is 629 g/mol. The van der Waals surface area contributed by atoms with E-state index in [1.165, 1.54) is 17.2 Å². The molecule has 0 saturated carbocycles. The van der Waals surface area contributed by atoms with Crippen LogP contribution >= 0.6 is 0 Å². The summed E-state index contributed by atoms with van der Waals surface area (Å²) in [5, 5.41) is 36.5. The predicted molar refractivity (Wildman–Crippen MR) is 164 cm³/mol. The highest BCUT2D eigenvalue weighted by Crippen LogP contribution is 2.29. The summed E-state index contributed by atoms with van der Waals surface area (Å²) >= 11 is 0. The number of anilines is 1. The van der Waals surface area contributed by atoms with Crippen molar-refractivity contribution in [3.05, 3.63) is 58.6 Å². The number of aromatic nitrogens is 2. The lowest BCUT2D eigenvalue weighted by Crippen LogP contribution is -2.68. The average molecular weight is 630 g/mol. The second-order valence-electron chi connectivity index (χ2n) is 10.9. The number of nitrogens with zero attached hydrogens (tertiary/aromatic N) is 3. The van der Waals surface area contributed by atoms with Gasteiger partial charge in [0.05, 0.1) is 12.6 Å². The summed E-state index contributed by atoms with van der Waals surface area (Å²) < 4.78 is 7.05. The molecule has 45 heavy (non-hydrogen) atoms. The molecule has 0 spiro atoms. The standard InChI is InChI=1S/C29H43N9O7/c1-31-17-21(39)34-19(7-10-30)26(42)36-22-23(40)24(41)28(45-25(22)27(43)37-15-12-32-13-16-37)38-14-9-20(35-29(38)44)33-11-8-18-5-3-2-4-6-18/h2-6,9,14,19,22-25,28,31-32,40-41H,7-8,10-13,15-17,30H2,1H3,(H,34,39)(H,36,42)(H,33,35,44)/t19-,22+,23+,24-,25+,28-/m1/s1. The normalized spacial score (nSPS) is 24.0. The van der Waals surface area contributed by atoms with Crippen molar-refractivity contribution in [2.24, 2.45) is 5.73 Å². The van der Waals surface area contributed by atoms with Crippen molar-refractivity contribution in [2.45, 2.75) is 49.5 Å². The largest absolute Gasteiger partial charge is 0.388 e. The van der Waals surface area contributed by atoms with Crippen molar-refractivity contribution < 1.29 is 29.3 Å². The molecule has 16 nitrogen and oxygen atoms in total. The van der Waals surface area contributed by atoms with Gasteiger partial charge in [0, 0.05) is 38.9 Å². The van der Waals surface area contributed by atoms with Crippen LogP contribution in [0.5, 0.6) is 0 Å². The smallest absolute Gasteiger partial charge is 0.351 e. The van der Waals surface area contributed by atoms with Gasteiger partial charge in [0.15, 0.2) is 12.3 Å². The number of rotatable bonds is 13. The summed E-state index contributed by atoms with van der Waals surface area (Å²) in [4.78, 5) is 57.9. The Labute approximate surface area is 260 Å². The number of nitrogens with one attached hydrogen (secondary N) is 5. The van der Waals surface area contributed by atoms with E-state index in [0.717, 1.165) is 10.1 Å². The number of nitrogens with two attached hydrogens (primary N) is 1. The number of carbonyl (C=O) groups excluding carboxylic acids is 3. The SMILES string of the molecule is CNCC(=O)N[C@H](CCN)C(=O)N[C@H]1[C@H](O)[C@@H](O)[C@H](n2ccc(NCCc3ccccc3)nc2=O)O[C@@H]1C(=O)N1CCNCC1. The first-order chi connectivity index (χ1) is 21.7. The molecule has 2 fully saturated rings. The highest BCUT2D eigenvalue weighted by molar-refractivity contribution is 5.89. The molecule has 2 aliphatic rings. The molecule has 3 heterocycles. The number of hydrogen-bond donors (Lipinski definition) is 8.